The van der Waals surface area contributed by atoms with E-state index in [2.05, 4.69) is 21.0 Å². The lowest BCUT2D eigenvalue weighted by Crippen LogP contribution is -2.11. The molecule has 0 radical (unpaired) electrons. The first-order valence-electron chi connectivity index (χ1n) is 5.56. The fourth-order valence-electron chi connectivity index (χ4n) is 1.83. The number of rotatable bonds is 3. The second-order valence-corrected chi connectivity index (χ2v) is 4.86. The zero-order valence-corrected chi connectivity index (χ0v) is 11.7. The highest BCUT2D eigenvalue weighted by Crippen LogP contribution is 2.21. The molecule has 2 rings (SSSR count). The predicted octanol–water partition coefficient (Wildman–Crippen LogP) is 3.34. The summed E-state index contributed by atoms with van der Waals surface area (Å²) in [6.45, 7) is 4.24. The zero-order chi connectivity index (χ0) is 13.3. The number of halogens is 2. The molecule has 0 unspecified atom stereocenters. The quantitative estimate of drug-likeness (QED) is 0.815. The lowest BCUT2D eigenvalue weighted by molar-refractivity contribution is 0.102. The van der Waals surface area contributed by atoms with E-state index in [1.54, 1.807) is 23.9 Å². The Morgan fingerprint density at radius 2 is 2.17 bits per heavy atom. The number of hydrogen-bond acceptors (Lipinski definition) is 2. The normalized spacial score (nSPS) is 10.7. The Morgan fingerprint density at radius 3 is 2.78 bits per heavy atom. The Balaban J connectivity index is 2.50. The monoisotopic (exact) mass is 310 g/mol. The van der Waals surface area contributed by atoms with E-state index in [0.717, 1.165) is 5.56 Å². The largest absolute Gasteiger partial charge is 0.287 e. The number of benzene rings is 1. The van der Waals surface area contributed by atoms with Gasteiger partial charge in [-0.2, -0.15) is 5.10 Å². The number of ketones is 1. The Kier molecular flexibility index (Phi) is 3.61. The van der Waals surface area contributed by atoms with Crippen LogP contribution in [0, 0.1) is 12.7 Å². The molecule has 0 saturated heterocycles. The van der Waals surface area contributed by atoms with Gasteiger partial charge in [-0.05, 0) is 53.5 Å². The van der Waals surface area contributed by atoms with Crippen LogP contribution in [0.4, 0.5) is 4.39 Å². The maximum atomic E-state index is 13.3. The minimum atomic E-state index is -0.406. The van der Waals surface area contributed by atoms with E-state index in [1.165, 1.54) is 12.1 Å². The molecule has 0 bridgehead atoms. The maximum absolute atomic E-state index is 13.3. The number of aryl methyl sites for hydroxylation is 2. The molecule has 18 heavy (non-hydrogen) atoms. The second-order valence-electron chi connectivity index (χ2n) is 4.00. The van der Waals surface area contributed by atoms with Gasteiger partial charge >= 0.3 is 0 Å². The summed E-state index contributed by atoms with van der Waals surface area (Å²) in [5.74, 6) is -0.638. The molecule has 0 spiro atoms. The standard InChI is InChI=1S/C13H12BrFN2O/c1-3-17-12(11(14)7-16-17)13(18)9-4-8(2)5-10(15)6-9/h4-7H,3H2,1-2H3. The lowest BCUT2D eigenvalue weighted by atomic mass is 10.1. The lowest BCUT2D eigenvalue weighted by Gasteiger charge is -2.06. The van der Waals surface area contributed by atoms with Crippen LogP contribution >= 0.6 is 15.9 Å². The molecule has 94 valence electrons. The van der Waals surface area contributed by atoms with E-state index in [9.17, 15) is 9.18 Å². The van der Waals surface area contributed by atoms with E-state index in [4.69, 9.17) is 0 Å². The third kappa shape index (κ3) is 2.36. The Morgan fingerprint density at radius 1 is 1.44 bits per heavy atom. The number of carbonyl (C=O) groups is 1. The van der Waals surface area contributed by atoms with Crippen molar-refractivity contribution in [1.82, 2.24) is 9.78 Å². The third-order valence-electron chi connectivity index (χ3n) is 2.61. The van der Waals surface area contributed by atoms with E-state index >= 15 is 0 Å². The van der Waals surface area contributed by atoms with Gasteiger partial charge in [-0.15, -0.1) is 0 Å². The first kappa shape index (κ1) is 13.0. The fraction of sp³-hybridized carbons (Fsp3) is 0.231. The zero-order valence-electron chi connectivity index (χ0n) is 10.1. The van der Waals surface area contributed by atoms with Crippen molar-refractivity contribution in [1.29, 1.82) is 0 Å². The molecule has 1 heterocycles. The van der Waals surface area contributed by atoms with Crippen LogP contribution in [0.1, 0.15) is 28.5 Å². The minimum absolute atomic E-state index is 0.233. The van der Waals surface area contributed by atoms with Gasteiger partial charge in [-0.1, -0.05) is 0 Å². The van der Waals surface area contributed by atoms with Crippen LogP contribution in [-0.4, -0.2) is 15.6 Å². The minimum Gasteiger partial charge on any atom is -0.287 e. The van der Waals surface area contributed by atoms with Crippen molar-refractivity contribution in [3.8, 4) is 0 Å². The summed E-state index contributed by atoms with van der Waals surface area (Å²) < 4.78 is 15.5. The van der Waals surface area contributed by atoms with Gasteiger partial charge in [0.05, 0.1) is 10.7 Å². The summed E-state index contributed by atoms with van der Waals surface area (Å²) in [6.07, 6.45) is 1.57. The highest BCUT2D eigenvalue weighted by Gasteiger charge is 2.18. The summed E-state index contributed by atoms with van der Waals surface area (Å²) in [7, 11) is 0. The summed E-state index contributed by atoms with van der Waals surface area (Å²) in [4.78, 5) is 12.4. The highest BCUT2D eigenvalue weighted by atomic mass is 79.9. The number of hydrogen-bond donors (Lipinski definition) is 0. The molecule has 3 nitrogen and oxygen atoms in total. The fourth-order valence-corrected chi connectivity index (χ4v) is 2.31. The molecule has 2 aromatic rings. The number of carbonyl (C=O) groups excluding carboxylic acids is 1. The molecule has 0 fully saturated rings. The molecule has 1 aromatic heterocycles. The van der Waals surface area contributed by atoms with E-state index in [-0.39, 0.29) is 5.78 Å². The van der Waals surface area contributed by atoms with Gasteiger partial charge in [0, 0.05) is 12.1 Å². The highest BCUT2D eigenvalue weighted by molar-refractivity contribution is 9.10. The van der Waals surface area contributed by atoms with E-state index in [0.29, 0.717) is 22.3 Å². The van der Waals surface area contributed by atoms with Gasteiger partial charge in [0.15, 0.2) is 0 Å². The molecule has 0 aliphatic carbocycles. The summed E-state index contributed by atoms with van der Waals surface area (Å²) >= 11 is 3.29. The Hall–Kier alpha value is -1.49. The van der Waals surface area contributed by atoms with Gasteiger partial charge in [0.1, 0.15) is 11.5 Å². The van der Waals surface area contributed by atoms with Crippen molar-refractivity contribution in [3.63, 3.8) is 0 Å². The van der Waals surface area contributed by atoms with Crippen LogP contribution in [-0.2, 0) is 6.54 Å². The number of nitrogens with zero attached hydrogens (tertiary/aromatic N) is 2. The molecule has 5 heteroatoms. The van der Waals surface area contributed by atoms with Gasteiger partial charge in [0.2, 0.25) is 5.78 Å². The van der Waals surface area contributed by atoms with Crippen LogP contribution < -0.4 is 0 Å². The maximum Gasteiger partial charge on any atom is 0.212 e. The molecule has 0 N–H and O–H groups in total. The predicted molar refractivity (Wildman–Crippen MR) is 70.2 cm³/mol. The topological polar surface area (TPSA) is 34.9 Å². The van der Waals surface area contributed by atoms with Crippen molar-refractivity contribution < 1.29 is 9.18 Å². The molecule has 0 saturated carbocycles. The summed E-state index contributed by atoms with van der Waals surface area (Å²) in [5, 5.41) is 4.08. The van der Waals surface area contributed by atoms with Crippen molar-refractivity contribution in [2.75, 3.05) is 0 Å². The Bertz CT molecular complexity index is 587. The Labute approximate surface area is 113 Å². The van der Waals surface area contributed by atoms with Gasteiger partial charge < -0.3 is 0 Å². The average molecular weight is 311 g/mol. The van der Waals surface area contributed by atoms with Gasteiger partial charge in [-0.3, -0.25) is 9.48 Å². The van der Waals surface area contributed by atoms with Crippen LogP contribution in [0.2, 0.25) is 0 Å². The first-order valence-corrected chi connectivity index (χ1v) is 6.35. The van der Waals surface area contributed by atoms with Crippen molar-refractivity contribution in [2.45, 2.75) is 20.4 Å². The van der Waals surface area contributed by atoms with Crippen LogP contribution in [0.5, 0.6) is 0 Å². The molecule has 0 aliphatic rings. The molecule has 0 aliphatic heterocycles. The molecule has 0 amide bonds. The van der Waals surface area contributed by atoms with Crippen molar-refractivity contribution in [3.05, 3.63) is 51.5 Å². The molecular formula is C13H12BrFN2O. The molecular weight excluding hydrogens is 299 g/mol. The number of aromatic nitrogens is 2. The van der Waals surface area contributed by atoms with Crippen molar-refractivity contribution >= 4 is 21.7 Å². The van der Waals surface area contributed by atoms with Gasteiger partial charge in [-0.25, -0.2) is 4.39 Å². The summed E-state index contributed by atoms with van der Waals surface area (Å²) in [5.41, 5.74) is 1.50. The summed E-state index contributed by atoms with van der Waals surface area (Å²) in [6, 6.07) is 4.31. The molecule has 0 atom stereocenters. The van der Waals surface area contributed by atoms with Crippen LogP contribution in [0.25, 0.3) is 0 Å². The third-order valence-corrected chi connectivity index (χ3v) is 3.19. The van der Waals surface area contributed by atoms with Gasteiger partial charge in [0.25, 0.3) is 0 Å². The average Bonchev–Trinajstić information content (AvgIpc) is 2.68. The first-order chi connectivity index (χ1) is 8.52. The van der Waals surface area contributed by atoms with Crippen LogP contribution in [0.3, 0.4) is 0 Å². The molecule has 1 aromatic carbocycles. The van der Waals surface area contributed by atoms with Crippen LogP contribution in [0.15, 0.2) is 28.9 Å². The van der Waals surface area contributed by atoms with E-state index < -0.39 is 5.82 Å². The van der Waals surface area contributed by atoms with E-state index in [1.807, 2.05) is 6.92 Å². The SMILES string of the molecule is CCn1ncc(Br)c1C(=O)c1cc(C)cc(F)c1. The van der Waals surface area contributed by atoms with Crippen molar-refractivity contribution in [2.24, 2.45) is 0 Å². The second kappa shape index (κ2) is 5.02. The smallest absolute Gasteiger partial charge is 0.212 e.